The smallest absolute Gasteiger partial charge is 0.252 e. The molecule has 2 heterocycles. The number of rotatable bonds is 4. The molecule has 0 amide bonds. The second kappa shape index (κ2) is 14.7. The van der Waals surface area contributed by atoms with Crippen LogP contribution in [0.2, 0.25) is 0 Å². The van der Waals surface area contributed by atoms with Gasteiger partial charge in [-0.25, -0.2) is 0 Å². The van der Waals surface area contributed by atoms with Crippen LogP contribution in [0.3, 0.4) is 0 Å². The molecule has 7 aromatic rings. The molecule has 0 spiro atoms. The molecular weight excluding hydrogens is 747 g/mol. The van der Waals surface area contributed by atoms with Crippen molar-refractivity contribution in [2.24, 2.45) is 0 Å². The highest BCUT2D eigenvalue weighted by Gasteiger charge is 2.45. The summed E-state index contributed by atoms with van der Waals surface area (Å²) in [6.45, 7) is 16.6. The van der Waals surface area contributed by atoms with Crippen LogP contribution in [-0.4, -0.2) is 6.71 Å². The first-order valence-electron chi connectivity index (χ1n) is 23.4. The van der Waals surface area contributed by atoms with E-state index in [1.54, 1.807) is 22.3 Å². The van der Waals surface area contributed by atoms with E-state index in [0.717, 1.165) is 12.8 Å². The monoisotopic (exact) mass is 806 g/mol. The van der Waals surface area contributed by atoms with Crippen LogP contribution >= 0.6 is 0 Å². The van der Waals surface area contributed by atoms with Gasteiger partial charge in [-0.15, -0.1) is 0 Å². The van der Waals surface area contributed by atoms with E-state index in [4.69, 9.17) is 0 Å². The van der Waals surface area contributed by atoms with Crippen LogP contribution < -0.4 is 26.2 Å². The minimum atomic E-state index is -0.0196. The Balaban J connectivity index is 1.25. The molecule has 2 aliphatic carbocycles. The molecule has 308 valence electrons. The van der Waals surface area contributed by atoms with Crippen molar-refractivity contribution >= 4 is 57.2 Å². The summed E-state index contributed by atoms with van der Waals surface area (Å²) in [5, 5.41) is 0. The van der Waals surface area contributed by atoms with Gasteiger partial charge >= 0.3 is 0 Å². The highest BCUT2D eigenvalue weighted by atomic mass is 15.2. The summed E-state index contributed by atoms with van der Waals surface area (Å²) in [6, 6.07) is 51.8. The molecular formula is C59H59BN2. The highest BCUT2D eigenvalue weighted by molar-refractivity contribution is 7.00. The van der Waals surface area contributed by atoms with E-state index >= 15 is 0 Å². The third kappa shape index (κ3) is 6.45. The van der Waals surface area contributed by atoms with Crippen LogP contribution in [0.5, 0.6) is 0 Å². The number of aryl methyl sites for hydroxylation is 3. The van der Waals surface area contributed by atoms with Crippen molar-refractivity contribution in [2.45, 2.75) is 111 Å². The van der Waals surface area contributed by atoms with Crippen LogP contribution in [0, 0.1) is 6.92 Å². The number of anilines is 6. The summed E-state index contributed by atoms with van der Waals surface area (Å²) < 4.78 is 0. The van der Waals surface area contributed by atoms with E-state index in [1.807, 2.05) is 0 Å². The van der Waals surface area contributed by atoms with E-state index in [9.17, 15) is 0 Å². The van der Waals surface area contributed by atoms with Gasteiger partial charge in [0, 0.05) is 28.4 Å². The molecule has 11 rings (SSSR count). The van der Waals surface area contributed by atoms with Gasteiger partial charge in [0.25, 0.3) is 6.71 Å². The van der Waals surface area contributed by atoms with E-state index in [2.05, 4.69) is 192 Å². The molecule has 0 fully saturated rings. The molecule has 0 radical (unpaired) electrons. The molecule has 0 bridgehead atoms. The van der Waals surface area contributed by atoms with E-state index in [0.29, 0.717) is 0 Å². The van der Waals surface area contributed by atoms with Gasteiger partial charge in [0.1, 0.15) is 0 Å². The zero-order valence-corrected chi connectivity index (χ0v) is 37.8. The fourth-order valence-electron chi connectivity index (χ4n) is 11.3. The van der Waals surface area contributed by atoms with Crippen LogP contribution in [0.1, 0.15) is 106 Å². The minimum Gasteiger partial charge on any atom is -0.311 e. The third-order valence-electron chi connectivity index (χ3n) is 14.5. The molecule has 4 aliphatic rings. The van der Waals surface area contributed by atoms with Gasteiger partial charge in [0.05, 0.1) is 5.69 Å². The Labute approximate surface area is 370 Å². The summed E-state index contributed by atoms with van der Waals surface area (Å²) in [4.78, 5) is 5.46. The van der Waals surface area contributed by atoms with Gasteiger partial charge in [-0.2, -0.15) is 0 Å². The van der Waals surface area contributed by atoms with Crippen LogP contribution in [0.4, 0.5) is 34.1 Å². The fraction of sp³-hybridized carbons (Fsp3) is 0.288. The molecule has 0 aromatic heterocycles. The van der Waals surface area contributed by atoms with Crippen molar-refractivity contribution in [1.29, 1.82) is 0 Å². The highest BCUT2D eigenvalue weighted by Crippen LogP contribution is 2.50. The van der Waals surface area contributed by atoms with Crippen LogP contribution in [-0.2, 0) is 36.5 Å². The van der Waals surface area contributed by atoms with Gasteiger partial charge in [0.2, 0.25) is 0 Å². The van der Waals surface area contributed by atoms with E-state index in [1.165, 1.54) is 128 Å². The summed E-state index contributed by atoms with van der Waals surface area (Å²) in [6.07, 6.45) is 9.76. The van der Waals surface area contributed by atoms with Crippen molar-refractivity contribution in [2.75, 3.05) is 9.80 Å². The maximum absolute atomic E-state index is 2.81. The summed E-state index contributed by atoms with van der Waals surface area (Å²) in [7, 11) is 0. The first-order chi connectivity index (χ1) is 29.9. The van der Waals surface area contributed by atoms with Gasteiger partial charge in [0.15, 0.2) is 0 Å². The Hall–Kier alpha value is -5.80. The van der Waals surface area contributed by atoms with Gasteiger partial charge in [-0.05, 0) is 189 Å². The van der Waals surface area contributed by atoms with Crippen molar-refractivity contribution in [3.63, 3.8) is 0 Å². The number of fused-ring (bicyclic) bond motifs is 6. The Bertz CT molecular complexity index is 2800. The van der Waals surface area contributed by atoms with Crippen LogP contribution in [0.25, 0.3) is 22.3 Å². The average molecular weight is 807 g/mol. The lowest BCUT2D eigenvalue weighted by molar-refractivity contribution is 0.590. The molecule has 0 saturated carbocycles. The van der Waals surface area contributed by atoms with Gasteiger partial charge in [-0.1, -0.05) is 133 Å². The minimum absolute atomic E-state index is 0.0113. The molecule has 0 unspecified atom stereocenters. The molecule has 7 aromatic carbocycles. The third-order valence-corrected chi connectivity index (χ3v) is 14.5. The number of hydrogen-bond donors (Lipinski definition) is 0. The quantitative estimate of drug-likeness (QED) is 0.164. The number of nitrogens with zero attached hydrogens (tertiary/aromatic N) is 2. The SMILES string of the molecule is Cc1cc2c3c(c1)N(c1c4c(cc5c1CCCC5)CCCC4)c1cc(C(C)(C)C)ccc1B3c1ccc(C(C)(C)C)cc1N2c1cc(-c2ccccc2)cc(-c2ccccc2)c1. The largest absolute Gasteiger partial charge is 0.311 e. The molecule has 0 N–H and O–H groups in total. The molecule has 2 nitrogen and oxygen atoms in total. The van der Waals surface area contributed by atoms with Crippen molar-refractivity contribution in [3.05, 3.63) is 172 Å². The molecule has 3 heteroatoms. The molecule has 0 saturated heterocycles. The van der Waals surface area contributed by atoms with Crippen LogP contribution in [0.15, 0.2) is 133 Å². The topological polar surface area (TPSA) is 6.48 Å². The second-order valence-electron chi connectivity index (χ2n) is 20.8. The summed E-state index contributed by atoms with van der Waals surface area (Å²) in [5.74, 6) is 0. The Morgan fingerprint density at radius 1 is 0.435 bits per heavy atom. The summed E-state index contributed by atoms with van der Waals surface area (Å²) in [5.41, 5.74) is 27.5. The van der Waals surface area contributed by atoms with E-state index < -0.39 is 0 Å². The van der Waals surface area contributed by atoms with Crippen molar-refractivity contribution in [1.82, 2.24) is 0 Å². The maximum Gasteiger partial charge on any atom is 0.252 e. The predicted molar refractivity (Wildman–Crippen MR) is 267 cm³/mol. The molecule has 0 atom stereocenters. The Kier molecular flexibility index (Phi) is 9.24. The number of hydrogen-bond acceptors (Lipinski definition) is 2. The normalized spacial score (nSPS) is 15.4. The van der Waals surface area contributed by atoms with Crippen molar-refractivity contribution in [3.8, 4) is 22.3 Å². The molecule has 62 heavy (non-hydrogen) atoms. The second-order valence-corrected chi connectivity index (χ2v) is 20.8. The van der Waals surface area contributed by atoms with Gasteiger partial charge < -0.3 is 9.80 Å². The first-order valence-corrected chi connectivity index (χ1v) is 23.4. The Morgan fingerprint density at radius 2 is 0.903 bits per heavy atom. The molecule has 2 aliphatic heterocycles. The lowest BCUT2D eigenvalue weighted by Crippen LogP contribution is -2.61. The standard InChI is InChI=1S/C59H59BN2/c1-38-30-54-56-55(31-38)62(57-48-24-16-14-22-41(48)32-42-23-15-17-25-49(42)57)53-37-46(59(5,6)7)27-29-51(53)60(56)50-28-26-45(58(2,3)4)36-52(50)61(54)47-34-43(39-18-10-8-11-19-39)33-44(35-47)40-20-12-9-13-21-40/h8-13,18-21,26-37H,14-17,22-25H2,1-7H3. The van der Waals surface area contributed by atoms with Gasteiger partial charge in [-0.3, -0.25) is 0 Å². The zero-order valence-electron chi connectivity index (χ0n) is 37.8. The fourth-order valence-corrected chi connectivity index (χ4v) is 11.3. The van der Waals surface area contributed by atoms with Crippen molar-refractivity contribution < 1.29 is 0 Å². The maximum atomic E-state index is 2.81. The zero-order chi connectivity index (χ0) is 42.5. The Morgan fingerprint density at radius 3 is 1.40 bits per heavy atom. The summed E-state index contributed by atoms with van der Waals surface area (Å²) >= 11 is 0. The lowest BCUT2D eigenvalue weighted by atomic mass is 9.33. The predicted octanol–water partition coefficient (Wildman–Crippen LogP) is 13.8. The first kappa shape index (κ1) is 39.1. The average Bonchev–Trinajstić information content (AvgIpc) is 3.27. The van der Waals surface area contributed by atoms with E-state index in [-0.39, 0.29) is 17.5 Å². The number of benzene rings is 7. The lowest BCUT2D eigenvalue weighted by Gasteiger charge is -2.46.